The zero-order chi connectivity index (χ0) is 22.4. The molecule has 0 saturated carbocycles. The molecule has 0 saturated heterocycles. The summed E-state index contributed by atoms with van der Waals surface area (Å²) >= 11 is 1.27. The van der Waals surface area contributed by atoms with Crippen LogP contribution >= 0.6 is 11.8 Å². The molecule has 1 N–H and O–H groups in total. The van der Waals surface area contributed by atoms with Gasteiger partial charge in [-0.25, -0.2) is 13.4 Å². The van der Waals surface area contributed by atoms with Gasteiger partial charge in [-0.05, 0) is 50.6 Å². The Balaban J connectivity index is 1.67. The highest BCUT2D eigenvalue weighted by Crippen LogP contribution is 2.23. The van der Waals surface area contributed by atoms with E-state index in [-0.39, 0.29) is 17.7 Å². The van der Waals surface area contributed by atoms with Gasteiger partial charge < -0.3 is 5.32 Å². The van der Waals surface area contributed by atoms with E-state index in [4.69, 9.17) is 0 Å². The minimum absolute atomic E-state index is 0.0295. The van der Waals surface area contributed by atoms with Crippen LogP contribution in [0.15, 0.2) is 76.8 Å². The molecule has 1 aromatic heterocycles. The highest BCUT2D eigenvalue weighted by Gasteiger charge is 2.18. The molecular weight excluding hydrogens is 428 g/mol. The Morgan fingerprint density at radius 2 is 1.71 bits per heavy atom. The third kappa shape index (κ3) is 6.18. The molecule has 7 heteroatoms. The molecule has 0 aliphatic carbocycles. The van der Waals surface area contributed by atoms with Crippen LogP contribution in [0.5, 0.6) is 0 Å². The molecule has 0 aliphatic heterocycles. The van der Waals surface area contributed by atoms with Gasteiger partial charge in [0, 0.05) is 11.9 Å². The van der Waals surface area contributed by atoms with Crippen LogP contribution in [0.3, 0.4) is 0 Å². The van der Waals surface area contributed by atoms with Crippen molar-refractivity contribution in [3.8, 4) is 0 Å². The van der Waals surface area contributed by atoms with Crippen LogP contribution in [0, 0.1) is 13.8 Å². The summed E-state index contributed by atoms with van der Waals surface area (Å²) in [6, 6.07) is 17.9. The molecule has 0 spiro atoms. The Bertz CT molecular complexity index is 1140. The maximum atomic E-state index is 12.9. The first-order valence-corrected chi connectivity index (χ1v) is 12.6. The highest BCUT2D eigenvalue weighted by molar-refractivity contribution is 8.00. The van der Waals surface area contributed by atoms with Crippen molar-refractivity contribution in [2.45, 2.75) is 36.7 Å². The number of aromatic nitrogens is 1. The molecule has 0 bridgehead atoms. The van der Waals surface area contributed by atoms with E-state index < -0.39 is 9.84 Å². The lowest BCUT2D eigenvalue weighted by atomic mass is 10.0. The molecule has 1 heterocycles. The van der Waals surface area contributed by atoms with Gasteiger partial charge in [0.1, 0.15) is 5.03 Å². The van der Waals surface area contributed by atoms with Crippen LogP contribution in [0.4, 0.5) is 0 Å². The van der Waals surface area contributed by atoms with Crippen LogP contribution < -0.4 is 5.32 Å². The number of nitrogens with one attached hydrogen (secondary N) is 1. The molecule has 0 aliphatic rings. The van der Waals surface area contributed by atoms with E-state index in [0.29, 0.717) is 21.2 Å². The van der Waals surface area contributed by atoms with Gasteiger partial charge in [0.15, 0.2) is 9.84 Å². The normalized spacial score (nSPS) is 12.4. The second-order valence-corrected chi connectivity index (χ2v) is 10.6. The van der Waals surface area contributed by atoms with E-state index in [1.54, 1.807) is 48.7 Å². The van der Waals surface area contributed by atoms with E-state index in [0.717, 1.165) is 16.7 Å². The number of pyridine rings is 1. The van der Waals surface area contributed by atoms with E-state index in [1.807, 2.05) is 20.8 Å². The molecule has 1 atom stereocenters. The minimum Gasteiger partial charge on any atom is -0.345 e. The second kappa shape index (κ2) is 10.1. The predicted octanol–water partition coefficient (Wildman–Crippen LogP) is 4.76. The highest BCUT2D eigenvalue weighted by atomic mass is 32.2. The Kier molecular flexibility index (Phi) is 7.51. The number of rotatable bonds is 8. The van der Waals surface area contributed by atoms with Gasteiger partial charge in [-0.15, -0.1) is 11.8 Å². The average Bonchev–Trinajstić information content (AvgIpc) is 2.74. The molecule has 1 amide bonds. The number of carbonyl (C=O) groups excluding carboxylic acids is 1. The van der Waals surface area contributed by atoms with Crippen LogP contribution in [0.1, 0.15) is 40.0 Å². The fourth-order valence-corrected chi connectivity index (χ4v) is 5.95. The molecule has 31 heavy (non-hydrogen) atoms. The quantitative estimate of drug-likeness (QED) is 0.497. The molecule has 3 aromatic rings. The van der Waals surface area contributed by atoms with Crippen molar-refractivity contribution < 1.29 is 13.2 Å². The molecule has 0 fully saturated rings. The van der Waals surface area contributed by atoms with Crippen molar-refractivity contribution in [1.29, 1.82) is 0 Å². The van der Waals surface area contributed by atoms with Crippen LogP contribution in [0.25, 0.3) is 0 Å². The molecular formula is C24H26N2O3S2. The average molecular weight is 455 g/mol. The number of amides is 1. The zero-order valence-electron chi connectivity index (χ0n) is 17.8. The number of sulfone groups is 1. The summed E-state index contributed by atoms with van der Waals surface area (Å²) in [5, 5.41) is 3.55. The monoisotopic (exact) mass is 454 g/mol. The van der Waals surface area contributed by atoms with Crippen molar-refractivity contribution in [2.24, 2.45) is 0 Å². The maximum absolute atomic E-state index is 12.9. The lowest BCUT2D eigenvalue weighted by molar-refractivity contribution is 0.0936. The summed E-state index contributed by atoms with van der Waals surface area (Å²) < 4.78 is 25.0. The largest absolute Gasteiger partial charge is 0.345 e. The lowest BCUT2D eigenvalue weighted by Gasteiger charge is -2.17. The van der Waals surface area contributed by atoms with Crippen molar-refractivity contribution in [3.05, 3.63) is 89.1 Å². The number of hydrogen-bond donors (Lipinski definition) is 1. The van der Waals surface area contributed by atoms with Crippen LogP contribution in [0.2, 0.25) is 0 Å². The Labute approximate surface area is 188 Å². The maximum Gasteiger partial charge on any atom is 0.254 e. The van der Waals surface area contributed by atoms with Gasteiger partial charge in [0.25, 0.3) is 5.91 Å². The Hall–Kier alpha value is -2.64. The van der Waals surface area contributed by atoms with E-state index in [2.05, 4.69) is 28.5 Å². The van der Waals surface area contributed by atoms with Crippen LogP contribution in [-0.2, 0) is 9.84 Å². The number of hydrogen-bond acceptors (Lipinski definition) is 5. The third-order valence-corrected chi connectivity index (χ3v) is 7.80. The number of benzene rings is 2. The third-order valence-electron chi connectivity index (χ3n) is 4.80. The summed E-state index contributed by atoms with van der Waals surface area (Å²) in [7, 11) is -3.38. The number of aryl methyl sites for hydroxylation is 2. The summed E-state index contributed by atoms with van der Waals surface area (Å²) in [4.78, 5) is 17.5. The van der Waals surface area contributed by atoms with E-state index in [9.17, 15) is 13.2 Å². The van der Waals surface area contributed by atoms with E-state index >= 15 is 0 Å². The Morgan fingerprint density at radius 1 is 1.03 bits per heavy atom. The number of nitrogens with zero attached hydrogens (tertiary/aromatic N) is 1. The number of carbonyl (C=O) groups is 1. The molecule has 3 rings (SSSR count). The smallest absolute Gasteiger partial charge is 0.254 e. The summed E-state index contributed by atoms with van der Waals surface area (Å²) in [6.45, 7) is 6.01. The molecule has 0 radical (unpaired) electrons. The zero-order valence-corrected chi connectivity index (χ0v) is 19.5. The molecule has 1 unspecified atom stereocenters. The second-order valence-electron chi connectivity index (χ2n) is 7.45. The van der Waals surface area contributed by atoms with Crippen LogP contribution in [-0.4, -0.2) is 30.8 Å². The summed E-state index contributed by atoms with van der Waals surface area (Å²) in [6.07, 6.45) is 1.61. The summed E-state index contributed by atoms with van der Waals surface area (Å²) in [5.74, 6) is 0.0487. The van der Waals surface area contributed by atoms with Crippen molar-refractivity contribution >= 4 is 27.5 Å². The summed E-state index contributed by atoms with van der Waals surface area (Å²) in [5.41, 5.74) is 3.78. The van der Waals surface area contributed by atoms with Gasteiger partial charge in [-0.3, -0.25) is 4.79 Å². The fourth-order valence-electron chi connectivity index (χ4n) is 3.29. The SMILES string of the molecule is Cc1cc(C)cc(C(C)NC(=O)c2cccnc2SCCS(=O)(=O)c2ccccc2)c1. The molecule has 5 nitrogen and oxygen atoms in total. The first-order valence-electron chi connectivity index (χ1n) is 10.0. The Morgan fingerprint density at radius 3 is 2.39 bits per heavy atom. The molecule has 162 valence electrons. The van der Waals surface area contributed by atoms with Gasteiger partial charge in [0.2, 0.25) is 0 Å². The topological polar surface area (TPSA) is 76.1 Å². The first kappa shape index (κ1) is 23.0. The standard InChI is InChI=1S/C24H26N2O3S2/c1-17-14-18(2)16-20(15-17)19(3)26-23(27)22-10-7-11-25-24(22)30-12-13-31(28,29)21-8-5-4-6-9-21/h4-11,14-16,19H,12-13H2,1-3H3,(H,26,27). The van der Waals surface area contributed by atoms with Gasteiger partial charge in [-0.2, -0.15) is 0 Å². The fraction of sp³-hybridized carbons (Fsp3) is 0.250. The van der Waals surface area contributed by atoms with Crippen molar-refractivity contribution in [2.75, 3.05) is 11.5 Å². The van der Waals surface area contributed by atoms with Crippen molar-refractivity contribution in [1.82, 2.24) is 10.3 Å². The van der Waals surface area contributed by atoms with Gasteiger partial charge in [-0.1, -0.05) is 47.5 Å². The predicted molar refractivity (Wildman–Crippen MR) is 125 cm³/mol. The van der Waals surface area contributed by atoms with Crippen molar-refractivity contribution in [3.63, 3.8) is 0 Å². The lowest BCUT2D eigenvalue weighted by Crippen LogP contribution is -2.27. The minimum atomic E-state index is -3.38. The van der Waals surface area contributed by atoms with Gasteiger partial charge in [0.05, 0.1) is 22.3 Å². The molecule has 2 aromatic carbocycles. The van der Waals surface area contributed by atoms with Gasteiger partial charge >= 0.3 is 0 Å². The number of thioether (sulfide) groups is 1. The first-order chi connectivity index (χ1) is 14.8. The van der Waals surface area contributed by atoms with E-state index in [1.165, 1.54) is 11.8 Å².